The van der Waals surface area contributed by atoms with E-state index in [0.717, 1.165) is 30.0 Å². The standard InChI is InChI=1S/C22H24N2O3/c25-22(24-16-21-12-6-14-27-21)17-23-19-10-4-11-20(15-19)26-13-5-9-18-7-2-1-3-8-18/h1-4,6-8,10-12,14-15,23H,5,9,13,16-17H2,(H,24,25). The zero-order valence-corrected chi connectivity index (χ0v) is 15.2. The van der Waals surface area contributed by atoms with Gasteiger partial charge in [0.05, 0.1) is 26.0 Å². The van der Waals surface area contributed by atoms with Crippen LogP contribution in [-0.2, 0) is 17.8 Å². The Balaban J connectivity index is 1.37. The first-order valence-corrected chi connectivity index (χ1v) is 9.09. The molecular weight excluding hydrogens is 340 g/mol. The van der Waals surface area contributed by atoms with Crippen molar-refractivity contribution in [2.24, 2.45) is 0 Å². The summed E-state index contributed by atoms with van der Waals surface area (Å²) < 4.78 is 11.0. The van der Waals surface area contributed by atoms with Crippen LogP contribution in [0.3, 0.4) is 0 Å². The minimum absolute atomic E-state index is 0.0967. The molecule has 0 aliphatic carbocycles. The van der Waals surface area contributed by atoms with Crippen LogP contribution in [0.2, 0.25) is 0 Å². The molecule has 0 bridgehead atoms. The van der Waals surface area contributed by atoms with Crippen molar-refractivity contribution in [3.63, 3.8) is 0 Å². The Hall–Kier alpha value is -3.21. The molecule has 5 nitrogen and oxygen atoms in total. The van der Waals surface area contributed by atoms with Crippen molar-refractivity contribution < 1.29 is 13.9 Å². The van der Waals surface area contributed by atoms with Gasteiger partial charge in [-0.2, -0.15) is 0 Å². The van der Waals surface area contributed by atoms with Crippen molar-refractivity contribution >= 4 is 11.6 Å². The first-order valence-electron chi connectivity index (χ1n) is 9.09. The lowest BCUT2D eigenvalue weighted by Crippen LogP contribution is -2.29. The van der Waals surface area contributed by atoms with Crippen LogP contribution in [0.5, 0.6) is 5.75 Å². The Morgan fingerprint density at radius 3 is 2.70 bits per heavy atom. The molecule has 140 valence electrons. The van der Waals surface area contributed by atoms with Crippen LogP contribution in [0.4, 0.5) is 5.69 Å². The molecule has 0 aliphatic heterocycles. The van der Waals surface area contributed by atoms with E-state index in [0.29, 0.717) is 13.2 Å². The third kappa shape index (κ3) is 6.55. The molecule has 0 spiro atoms. The van der Waals surface area contributed by atoms with Crippen LogP contribution in [0.25, 0.3) is 0 Å². The maximum absolute atomic E-state index is 11.9. The van der Waals surface area contributed by atoms with E-state index in [-0.39, 0.29) is 12.5 Å². The minimum Gasteiger partial charge on any atom is -0.494 e. The number of hydrogen-bond donors (Lipinski definition) is 2. The van der Waals surface area contributed by atoms with Crippen molar-refractivity contribution in [3.05, 3.63) is 84.3 Å². The summed E-state index contributed by atoms with van der Waals surface area (Å²) in [7, 11) is 0. The number of carbonyl (C=O) groups excluding carboxylic acids is 1. The van der Waals surface area contributed by atoms with Gasteiger partial charge in [-0.15, -0.1) is 0 Å². The van der Waals surface area contributed by atoms with E-state index in [9.17, 15) is 4.79 Å². The molecule has 1 aromatic heterocycles. The molecule has 0 saturated heterocycles. The molecule has 0 unspecified atom stereocenters. The quantitative estimate of drug-likeness (QED) is 0.533. The average Bonchev–Trinajstić information content (AvgIpc) is 3.23. The van der Waals surface area contributed by atoms with Crippen LogP contribution < -0.4 is 15.4 Å². The third-order valence-electron chi connectivity index (χ3n) is 4.05. The number of hydrogen-bond acceptors (Lipinski definition) is 4. The Morgan fingerprint density at radius 2 is 1.89 bits per heavy atom. The smallest absolute Gasteiger partial charge is 0.239 e. The first kappa shape index (κ1) is 18.6. The molecule has 1 heterocycles. The van der Waals surface area contributed by atoms with Crippen LogP contribution in [0.15, 0.2) is 77.4 Å². The highest BCUT2D eigenvalue weighted by atomic mass is 16.5. The largest absolute Gasteiger partial charge is 0.494 e. The molecule has 0 radical (unpaired) electrons. The van der Waals surface area contributed by atoms with E-state index < -0.39 is 0 Å². The van der Waals surface area contributed by atoms with Gasteiger partial charge in [-0.25, -0.2) is 0 Å². The number of benzene rings is 2. The second kappa shape index (κ2) is 10.1. The molecule has 3 rings (SSSR count). The predicted molar refractivity (Wildman–Crippen MR) is 106 cm³/mol. The lowest BCUT2D eigenvalue weighted by Gasteiger charge is -2.10. The summed E-state index contributed by atoms with van der Waals surface area (Å²) in [5.41, 5.74) is 2.17. The second-order valence-electron chi connectivity index (χ2n) is 6.18. The number of carbonyl (C=O) groups is 1. The topological polar surface area (TPSA) is 63.5 Å². The van der Waals surface area contributed by atoms with Crippen LogP contribution in [0, 0.1) is 0 Å². The summed E-state index contributed by atoms with van der Waals surface area (Å²) in [5, 5.41) is 5.91. The van der Waals surface area contributed by atoms with Crippen LogP contribution in [0.1, 0.15) is 17.7 Å². The number of rotatable bonds is 10. The van der Waals surface area contributed by atoms with Gasteiger partial charge in [0.1, 0.15) is 11.5 Å². The fourth-order valence-electron chi connectivity index (χ4n) is 2.65. The Kier molecular flexibility index (Phi) is 6.92. The zero-order chi connectivity index (χ0) is 18.7. The highest BCUT2D eigenvalue weighted by Gasteiger charge is 2.03. The third-order valence-corrected chi connectivity index (χ3v) is 4.05. The molecule has 5 heteroatoms. The fourth-order valence-corrected chi connectivity index (χ4v) is 2.65. The van der Waals surface area contributed by atoms with Crippen molar-refractivity contribution in [1.82, 2.24) is 5.32 Å². The number of aryl methyl sites for hydroxylation is 1. The molecule has 3 aromatic rings. The lowest BCUT2D eigenvalue weighted by molar-refractivity contribution is -0.119. The summed E-state index contributed by atoms with van der Waals surface area (Å²) in [6, 6.07) is 21.7. The second-order valence-corrected chi connectivity index (χ2v) is 6.18. The van der Waals surface area contributed by atoms with Gasteiger partial charge in [-0.05, 0) is 42.7 Å². The van der Waals surface area contributed by atoms with Gasteiger partial charge in [0.15, 0.2) is 0 Å². The maximum Gasteiger partial charge on any atom is 0.239 e. The highest BCUT2D eigenvalue weighted by molar-refractivity contribution is 5.80. The van der Waals surface area contributed by atoms with Crippen molar-refractivity contribution in [3.8, 4) is 5.75 Å². The van der Waals surface area contributed by atoms with Gasteiger partial charge in [0, 0.05) is 11.8 Å². The van der Waals surface area contributed by atoms with E-state index in [2.05, 4.69) is 34.9 Å². The molecular formula is C22H24N2O3. The summed E-state index contributed by atoms with van der Waals surface area (Å²) in [5.74, 6) is 1.43. The number of anilines is 1. The maximum atomic E-state index is 11.9. The molecule has 0 saturated carbocycles. The average molecular weight is 364 g/mol. The number of nitrogens with one attached hydrogen (secondary N) is 2. The summed E-state index contributed by atoms with van der Waals surface area (Å²) in [6.45, 7) is 1.23. The normalized spacial score (nSPS) is 10.4. The van der Waals surface area contributed by atoms with Gasteiger partial charge in [0.25, 0.3) is 0 Å². The van der Waals surface area contributed by atoms with E-state index in [1.807, 2.05) is 36.4 Å². The van der Waals surface area contributed by atoms with Crippen LogP contribution in [-0.4, -0.2) is 19.1 Å². The predicted octanol–water partition coefficient (Wildman–Crippen LogP) is 4.02. The van der Waals surface area contributed by atoms with Gasteiger partial charge in [-0.1, -0.05) is 36.4 Å². The van der Waals surface area contributed by atoms with Gasteiger partial charge in [-0.3, -0.25) is 4.79 Å². The van der Waals surface area contributed by atoms with E-state index >= 15 is 0 Å². The SMILES string of the molecule is O=C(CNc1cccc(OCCCc2ccccc2)c1)NCc1ccco1. The molecule has 2 aromatic carbocycles. The van der Waals surface area contributed by atoms with Gasteiger partial charge >= 0.3 is 0 Å². The number of ether oxygens (including phenoxy) is 1. The molecule has 0 aliphatic rings. The molecule has 2 N–H and O–H groups in total. The molecule has 0 fully saturated rings. The first-order chi connectivity index (χ1) is 13.3. The van der Waals surface area contributed by atoms with Crippen molar-refractivity contribution in [2.45, 2.75) is 19.4 Å². The number of furan rings is 1. The van der Waals surface area contributed by atoms with E-state index in [4.69, 9.17) is 9.15 Å². The van der Waals surface area contributed by atoms with Crippen molar-refractivity contribution in [2.75, 3.05) is 18.5 Å². The Morgan fingerprint density at radius 1 is 1.00 bits per heavy atom. The van der Waals surface area contributed by atoms with Crippen molar-refractivity contribution in [1.29, 1.82) is 0 Å². The van der Waals surface area contributed by atoms with Gasteiger partial charge < -0.3 is 19.8 Å². The summed E-state index contributed by atoms with van der Waals surface area (Å²) in [6.07, 6.45) is 3.54. The Bertz CT molecular complexity index is 817. The Labute approximate surface area is 159 Å². The molecule has 0 atom stereocenters. The van der Waals surface area contributed by atoms with Gasteiger partial charge in [0.2, 0.25) is 5.91 Å². The van der Waals surface area contributed by atoms with Crippen LogP contribution >= 0.6 is 0 Å². The lowest BCUT2D eigenvalue weighted by atomic mass is 10.1. The fraction of sp³-hybridized carbons (Fsp3) is 0.227. The van der Waals surface area contributed by atoms with E-state index in [1.54, 1.807) is 12.3 Å². The monoisotopic (exact) mass is 364 g/mol. The molecule has 27 heavy (non-hydrogen) atoms. The van der Waals surface area contributed by atoms with E-state index in [1.165, 1.54) is 5.56 Å². The molecule has 1 amide bonds. The number of amides is 1. The minimum atomic E-state index is -0.0967. The highest BCUT2D eigenvalue weighted by Crippen LogP contribution is 2.17. The summed E-state index contributed by atoms with van der Waals surface area (Å²) >= 11 is 0. The zero-order valence-electron chi connectivity index (χ0n) is 15.2. The summed E-state index contributed by atoms with van der Waals surface area (Å²) in [4.78, 5) is 11.9.